The first-order chi connectivity index (χ1) is 8.81. The van der Waals surface area contributed by atoms with Gasteiger partial charge in [0.1, 0.15) is 6.07 Å². The summed E-state index contributed by atoms with van der Waals surface area (Å²) in [6, 6.07) is 5.58. The van der Waals surface area contributed by atoms with Crippen molar-refractivity contribution in [2.75, 3.05) is 24.6 Å². The van der Waals surface area contributed by atoms with Gasteiger partial charge in [0.15, 0.2) is 11.5 Å². The molecule has 3 rings (SSSR count). The molecule has 0 N–H and O–H groups in total. The highest BCUT2D eigenvalue weighted by atomic mass is 16.5. The van der Waals surface area contributed by atoms with Crippen molar-refractivity contribution in [2.45, 2.75) is 31.3 Å². The molecular formula is C13H16N4O. The second-order valence-corrected chi connectivity index (χ2v) is 5.05. The number of morpholine rings is 1. The van der Waals surface area contributed by atoms with Crippen LogP contribution in [0.25, 0.3) is 0 Å². The van der Waals surface area contributed by atoms with E-state index in [9.17, 15) is 0 Å². The topological polar surface area (TPSA) is 62.0 Å². The molecule has 1 aliphatic carbocycles. The molecule has 1 aromatic heterocycles. The summed E-state index contributed by atoms with van der Waals surface area (Å²) in [6.45, 7) is 2.50. The minimum Gasteiger partial charge on any atom is -0.371 e. The number of aromatic nitrogens is 2. The lowest BCUT2D eigenvalue weighted by Crippen LogP contribution is -2.50. The van der Waals surface area contributed by atoms with E-state index in [0.717, 1.165) is 38.4 Å². The van der Waals surface area contributed by atoms with Gasteiger partial charge in [0.25, 0.3) is 0 Å². The molecule has 1 saturated heterocycles. The summed E-state index contributed by atoms with van der Waals surface area (Å²) in [5.74, 6) is 0.851. The second-order valence-electron chi connectivity index (χ2n) is 5.05. The first kappa shape index (κ1) is 11.4. The number of nitriles is 1. The Labute approximate surface area is 106 Å². The van der Waals surface area contributed by atoms with Gasteiger partial charge in [0.05, 0.1) is 12.2 Å². The van der Waals surface area contributed by atoms with Crippen LogP contribution in [0.4, 0.5) is 5.82 Å². The van der Waals surface area contributed by atoms with Crippen molar-refractivity contribution in [1.29, 1.82) is 5.26 Å². The molecule has 2 fully saturated rings. The monoisotopic (exact) mass is 244 g/mol. The Bertz CT molecular complexity index is 459. The number of anilines is 1. The summed E-state index contributed by atoms with van der Waals surface area (Å²) in [7, 11) is 0. The van der Waals surface area contributed by atoms with E-state index in [1.165, 1.54) is 12.8 Å². The summed E-state index contributed by atoms with van der Waals surface area (Å²) in [5.41, 5.74) is 0.399. The van der Waals surface area contributed by atoms with Crippen molar-refractivity contribution in [2.24, 2.45) is 0 Å². The van der Waals surface area contributed by atoms with Crippen LogP contribution in [0.2, 0.25) is 0 Å². The first-order valence-corrected chi connectivity index (χ1v) is 6.44. The molecule has 0 unspecified atom stereocenters. The molecule has 1 spiro atoms. The van der Waals surface area contributed by atoms with E-state index in [4.69, 9.17) is 10.00 Å². The zero-order chi connectivity index (χ0) is 12.4. The van der Waals surface area contributed by atoms with E-state index < -0.39 is 0 Å². The lowest BCUT2D eigenvalue weighted by Gasteiger charge is -2.40. The van der Waals surface area contributed by atoms with Crippen LogP contribution in [0.15, 0.2) is 12.1 Å². The van der Waals surface area contributed by atoms with Crippen molar-refractivity contribution in [3.8, 4) is 6.07 Å². The van der Waals surface area contributed by atoms with Crippen LogP contribution in [-0.2, 0) is 4.74 Å². The Morgan fingerprint density at radius 3 is 2.78 bits per heavy atom. The van der Waals surface area contributed by atoms with Gasteiger partial charge >= 0.3 is 0 Å². The maximum absolute atomic E-state index is 8.72. The lowest BCUT2D eigenvalue weighted by molar-refractivity contribution is -0.0503. The summed E-state index contributed by atoms with van der Waals surface area (Å²) in [6.07, 6.45) is 4.81. The van der Waals surface area contributed by atoms with Crippen LogP contribution in [0.5, 0.6) is 0 Å². The third-order valence-corrected chi connectivity index (χ3v) is 3.85. The molecule has 1 saturated carbocycles. The zero-order valence-electron chi connectivity index (χ0n) is 10.3. The number of nitrogens with zero attached hydrogens (tertiary/aromatic N) is 4. The van der Waals surface area contributed by atoms with Crippen LogP contribution >= 0.6 is 0 Å². The highest BCUT2D eigenvalue weighted by molar-refractivity contribution is 5.40. The highest BCUT2D eigenvalue weighted by Gasteiger charge is 2.39. The van der Waals surface area contributed by atoms with Gasteiger partial charge in [0, 0.05) is 13.1 Å². The lowest BCUT2D eigenvalue weighted by atomic mass is 10.00. The highest BCUT2D eigenvalue weighted by Crippen LogP contribution is 2.36. The van der Waals surface area contributed by atoms with E-state index in [-0.39, 0.29) is 5.60 Å². The molecule has 2 heterocycles. The molecule has 2 aliphatic rings. The van der Waals surface area contributed by atoms with Crippen molar-refractivity contribution in [3.05, 3.63) is 17.8 Å². The first-order valence-electron chi connectivity index (χ1n) is 6.44. The fourth-order valence-corrected chi connectivity index (χ4v) is 2.92. The van der Waals surface area contributed by atoms with E-state index in [1.54, 1.807) is 6.07 Å². The fourth-order valence-electron chi connectivity index (χ4n) is 2.92. The molecule has 5 nitrogen and oxygen atoms in total. The van der Waals surface area contributed by atoms with Gasteiger partial charge in [0.2, 0.25) is 0 Å². The van der Waals surface area contributed by atoms with E-state index in [0.29, 0.717) is 5.69 Å². The SMILES string of the molecule is N#Cc1ccc(N2CCOC3(CCCC3)C2)nn1. The van der Waals surface area contributed by atoms with Crippen LogP contribution in [0.1, 0.15) is 31.4 Å². The maximum atomic E-state index is 8.72. The van der Waals surface area contributed by atoms with Gasteiger partial charge in [-0.1, -0.05) is 12.8 Å². The van der Waals surface area contributed by atoms with Gasteiger partial charge in [-0.25, -0.2) is 0 Å². The molecule has 0 atom stereocenters. The average molecular weight is 244 g/mol. The number of hydrogen-bond donors (Lipinski definition) is 0. The van der Waals surface area contributed by atoms with Crippen LogP contribution < -0.4 is 4.90 Å². The standard InChI is InChI=1S/C13H16N4O/c14-9-11-3-4-12(16-15-11)17-7-8-18-13(10-17)5-1-2-6-13/h3-4H,1-2,5-8,10H2. The average Bonchev–Trinajstić information content (AvgIpc) is 2.87. The zero-order valence-corrected chi connectivity index (χ0v) is 10.3. The van der Waals surface area contributed by atoms with Crippen molar-refractivity contribution in [1.82, 2.24) is 10.2 Å². The Hall–Kier alpha value is -1.67. The van der Waals surface area contributed by atoms with Crippen LogP contribution in [0, 0.1) is 11.3 Å². The van der Waals surface area contributed by atoms with Crippen LogP contribution in [0.3, 0.4) is 0 Å². The summed E-state index contributed by atoms with van der Waals surface area (Å²) >= 11 is 0. The van der Waals surface area contributed by atoms with Gasteiger partial charge < -0.3 is 9.64 Å². The van der Waals surface area contributed by atoms with Gasteiger partial charge in [-0.05, 0) is 25.0 Å². The van der Waals surface area contributed by atoms with Crippen molar-refractivity contribution >= 4 is 5.82 Å². The minimum atomic E-state index is 0.0355. The predicted octanol–water partition coefficient (Wildman–Crippen LogP) is 1.50. The molecule has 18 heavy (non-hydrogen) atoms. The molecule has 0 amide bonds. The van der Waals surface area contributed by atoms with Gasteiger partial charge in [-0.2, -0.15) is 5.26 Å². The van der Waals surface area contributed by atoms with Gasteiger partial charge in [-0.15, -0.1) is 10.2 Å². The predicted molar refractivity (Wildman–Crippen MR) is 66.1 cm³/mol. The van der Waals surface area contributed by atoms with E-state index in [1.807, 2.05) is 12.1 Å². The normalized spacial score (nSPS) is 22.1. The third kappa shape index (κ3) is 2.04. The molecule has 94 valence electrons. The van der Waals surface area contributed by atoms with E-state index >= 15 is 0 Å². The summed E-state index contributed by atoms with van der Waals surface area (Å²) in [5, 5.41) is 16.7. The number of hydrogen-bond acceptors (Lipinski definition) is 5. The number of rotatable bonds is 1. The quantitative estimate of drug-likeness (QED) is 0.749. The number of ether oxygens (including phenoxy) is 1. The molecule has 0 bridgehead atoms. The minimum absolute atomic E-state index is 0.0355. The second kappa shape index (κ2) is 4.54. The molecule has 1 aromatic rings. The third-order valence-electron chi connectivity index (χ3n) is 3.85. The molecule has 0 radical (unpaired) electrons. The molecular weight excluding hydrogens is 228 g/mol. The Kier molecular flexibility index (Phi) is 2.88. The smallest absolute Gasteiger partial charge is 0.163 e. The van der Waals surface area contributed by atoms with Gasteiger partial charge in [-0.3, -0.25) is 0 Å². The van der Waals surface area contributed by atoms with Crippen molar-refractivity contribution in [3.63, 3.8) is 0 Å². The Balaban J connectivity index is 1.77. The summed E-state index contributed by atoms with van der Waals surface area (Å²) < 4.78 is 5.98. The Morgan fingerprint density at radius 1 is 1.28 bits per heavy atom. The van der Waals surface area contributed by atoms with Crippen LogP contribution in [-0.4, -0.2) is 35.5 Å². The molecule has 1 aliphatic heterocycles. The largest absolute Gasteiger partial charge is 0.371 e. The van der Waals surface area contributed by atoms with E-state index in [2.05, 4.69) is 15.1 Å². The molecule has 0 aromatic carbocycles. The van der Waals surface area contributed by atoms with Crippen molar-refractivity contribution < 1.29 is 4.74 Å². The fraction of sp³-hybridized carbons (Fsp3) is 0.615. The summed E-state index contributed by atoms with van der Waals surface area (Å²) in [4.78, 5) is 2.23. The Morgan fingerprint density at radius 2 is 2.11 bits per heavy atom. The molecule has 5 heteroatoms. The maximum Gasteiger partial charge on any atom is 0.163 e.